The Kier molecular flexibility index (Phi) is 6.43. The highest BCUT2D eigenvalue weighted by molar-refractivity contribution is 7.91. The van der Waals surface area contributed by atoms with Gasteiger partial charge < -0.3 is 9.64 Å². The Morgan fingerprint density at radius 2 is 2.00 bits per heavy atom. The van der Waals surface area contributed by atoms with E-state index in [1.165, 1.54) is 10.4 Å². The average molecular weight is 446 g/mol. The van der Waals surface area contributed by atoms with Gasteiger partial charge >= 0.3 is 5.69 Å². The summed E-state index contributed by atoms with van der Waals surface area (Å²) in [7, 11) is -3.63. The molecule has 1 aromatic carbocycles. The van der Waals surface area contributed by atoms with E-state index < -0.39 is 14.9 Å². The number of ether oxygens (including phenoxy) is 1. The summed E-state index contributed by atoms with van der Waals surface area (Å²) in [6, 6.07) is 8.01. The number of halogens is 1. The summed E-state index contributed by atoms with van der Waals surface area (Å²) in [4.78, 5) is 13.0. The summed E-state index contributed by atoms with van der Waals surface area (Å²) < 4.78 is 33.1. The second-order valence-corrected chi connectivity index (χ2v) is 10.00. The fourth-order valence-electron chi connectivity index (χ4n) is 3.16. The van der Waals surface area contributed by atoms with E-state index in [1.807, 2.05) is 4.90 Å². The Morgan fingerprint density at radius 1 is 1.21 bits per heavy atom. The van der Waals surface area contributed by atoms with Crippen LogP contribution in [0.5, 0.6) is 5.75 Å². The first-order chi connectivity index (χ1) is 13.3. The number of hydrogen-bond donors (Lipinski definition) is 0. The lowest BCUT2D eigenvalue weighted by Crippen LogP contribution is -2.35. The fraction of sp³-hybridized carbons (Fsp3) is 0.412. The van der Waals surface area contributed by atoms with Crippen molar-refractivity contribution in [2.24, 2.45) is 0 Å². The van der Waals surface area contributed by atoms with Crippen molar-refractivity contribution < 1.29 is 18.1 Å². The van der Waals surface area contributed by atoms with E-state index >= 15 is 0 Å². The molecule has 1 aliphatic heterocycles. The number of nitro groups is 1. The topological polar surface area (TPSA) is 93.0 Å². The van der Waals surface area contributed by atoms with Crippen LogP contribution < -0.4 is 9.64 Å². The molecule has 1 aromatic heterocycles. The molecule has 1 aliphatic rings. The number of anilines is 1. The molecule has 8 nitrogen and oxygen atoms in total. The van der Waals surface area contributed by atoms with Crippen molar-refractivity contribution in [3.05, 3.63) is 44.8 Å². The highest BCUT2D eigenvalue weighted by Crippen LogP contribution is 2.38. The third-order valence-electron chi connectivity index (χ3n) is 4.40. The molecule has 1 fully saturated rings. The molecule has 0 saturated carbocycles. The largest absolute Gasteiger partial charge is 0.487 e. The number of benzene rings is 1. The van der Waals surface area contributed by atoms with Gasteiger partial charge in [0.05, 0.1) is 15.9 Å². The number of hydrogen-bond acceptors (Lipinski definition) is 7. The number of thiophene rings is 1. The number of sulfonamides is 1. The van der Waals surface area contributed by atoms with Crippen molar-refractivity contribution in [2.75, 3.05) is 37.7 Å². The molecule has 1 saturated heterocycles. The van der Waals surface area contributed by atoms with Crippen LogP contribution in [0.1, 0.15) is 13.3 Å². The molecule has 28 heavy (non-hydrogen) atoms. The Balaban J connectivity index is 1.85. The molecule has 152 valence electrons. The number of nitro benzene ring substituents is 1. The first kappa shape index (κ1) is 20.8. The standard InChI is InChI=1S/C17H20ClN3O5S2/c1-2-26-14-6-3-5-13(17(14)21(22)23)19-9-4-10-20(12-11-19)28(24,25)16-8-7-15(18)27-16/h3,5-8H,2,4,9-12H2,1H3. The van der Waals surface area contributed by atoms with Crippen LogP contribution in [0.25, 0.3) is 0 Å². The van der Waals surface area contributed by atoms with Gasteiger partial charge in [0.25, 0.3) is 10.0 Å². The third-order valence-corrected chi connectivity index (χ3v) is 8.00. The molecule has 0 unspecified atom stereocenters. The monoisotopic (exact) mass is 445 g/mol. The Labute approximate surface area is 172 Å². The van der Waals surface area contributed by atoms with Crippen LogP contribution >= 0.6 is 22.9 Å². The van der Waals surface area contributed by atoms with Crippen molar-refractivity contribution in [1.82, 2.24) is 4.31 Å². The second kappa shape index (κ2) is 8.64. The van der Waals surface area contributed by atoms with Crippen molar-refractivity contribution in [2.45, 2.75) is 17.6 Å². The van der Waals surface area contributed by atoms with Crippen LogP contribution in [0.3, 0.4) is 0 Å². The highest BCUT2D eigenvalue weighted by atomic mass is 35.5. The predicted molar refractivity (Wildman–Crippen MR) is 109 cm³/mol. The van der Waals surface area contributed by atoms with E-state index in [-0.39, 0.29) is 22.2 Å². The number of nitrogens with zero attached hydrogens (tertiary/aromatic N) is 3. The van der Waals surface area contributed by atoms with E-state index in [4.69, 9.17) is 16.3 Å². The lowest BCUT2D eigenvalue weighted by molar-refractivity contribution is -0.385. The van der Waals surface area contributed by atoms with Gasteiger partial charge in [0, 0.05) is 26.2 Å². The minimum absolute atomic E-state index is 0.0919. The molecule has 0 bridgehead atoms. The van der Waals surface area contributed by atoms with E-state index in [0.717, 1.165) is 11.3 Å². The normalized spacial score (nSPS) is 16.0. The molecule has 2 heterocycles. The van der Waals surface area contributed by atoms with Gasteiger partial charge in [-0.2, -0.15) is 4.31 Å². The maximum absolute atomic E-state index is 12.8. The van der Waals surface area contributed by atoms with Gasteiger partial charge in [0.15, 0.2) is 5.75 Å². The second-order valence-electron chi connectivity index (χ2n) is 6.12. The minimum atomic E-state index is -3.63. The molecular weight excluding hydrogens is 426 g/mol. The average Bonchev–Trinajstić information content (AvgIpc) is 2.94. The van der Waals surface area contributed by atoms with Crippen LogP contribution in [-0.4, -0.2) is 50.4 Å². The highest BCUT2D eigenvalue weighted by Gasteiger charge is 2.31. The van der Waals surface area contributed by atoms with Gasteiger partial charge in [-0.25, -0.2) is 8.42 Å². The summed E-state index contributed by atoms with van der Waals surface area (Å²) in [5, 5.41) is 11.6. The molecule has 0 amide bonds. The first-order valence-electron chi connectivity index (χ1n) is 8.75. The van der Waals surface area contributed by atoms with E-state index in [0.29, 0.717) is 42.7 Å². The zero-order chi connectivity index (χ0) is 20.3. The van der Waals surface area contributed by atoms with Crippen molar-refractivity contribution in [3.8, 4) is 5.75 Å². The molecular formula is C17H20ClN3O5S2. The van der Waals surface area contributed by atoms with Crippen LogP contribution in [0.15, 0.2) is 34.5 Å². The zero-order valence-electron chi connectivity index (χ0n) is 15.2. The summed E-state index contributed by atoms with van der Waals surface area (Å²) in [6.07, 6.45) is 0.550. The van der Waals surface area contributed by atoms with Crippen molar-refractivity contribution in [3.63, 3.8) is 0 Å². The zero-order valence-corrected chi connectivity index (χ0v) is 17.6. The Bertz CT molecular complexity index is 963. The number of para-hydroxylation sites is 1. The maximum Gasteiger partial charge on any atom is 0.333 e. The van der Waals surface area contributed by atoms with Crippen molar-refractivity contribution in [1.29, 1.82) is 0 Å². The van der Waals surface area contributed by atoms with Crippen LogP contribution in [0.2, 0.25) is 4.34 Å². The fourth-order valence-corrected chi connectivity index (χ4v) is 6.27. The first-order valence-corrected chi connectivity index (χ1v) is 11.4. The SMILES string of the molecule is CCOc1cccc(N2CCCN(S(=O)(=O)c3ccc(Cl)s3)CC2)c1[N+](=O)[O-]. The lowest BCUT2D eigenvalue weighted by atomic mass is 10.2. The molecule has 3 rings (SSSR count). The van der Waals surface area contributed by atoms with Gasteiger partial charge in [-0.15, -0.1) is 11.3 Å². The number of rotatable bonds is 6. The lowest BCUT2D eigenvalue weighted by Gasteiger charge is -2.23. The molecule has 0 N–H and O–H groups in total. The van der Waals surface area contributed by atoms with Crippen LogP contribution in [-0.2, 0) is 10.0 Å². The van der Waals surface area contributed by atoms with E-state index in [2.05, 4.69) is 0 Å². The quantitative estimate of drug-likeness (QED) is 0.498. The van der Waals surface area contributed by atoms with Gasteiger partial charge in [0.2, 0.25) is 0 Å². The molecule has 2 aromatic rings. The van der Waals surface area contributed by atoms with Gasteiger partial charge in [-0.1, -0.05) is 17.7 Å². The molecule has 11 heteroatoms. The summed E-state index contributed by atoms with van der Waals surface area (Å²) >= 11 is 6.90. The van der Waals surface area contributed by atoms with Gasteiger partial charge in [0.1, 0.15) is 9.90 Å². The summed E-state index contributed by atoms with van der Waals surface area (Å²) in [5.74, 6) is 0.215. The predicted octanol–water partition coefficient (Wildman–Crippen LogP) is 3.61. The minimum Gasteiger partial charge on any atom is -0.487 e. The smallest absolute Gasteiger partial charge is 0.333 e. The van der Waals surface area contributed by atoms with E-state index in [1.54, 1.807) is 31.2 Å². The van der Waals surface area contributed by atoms with Crippen LogP contribution in [0.4, 0.5) is 11.4 Å². The third kappa shape index (κ3) is 4.24. The summed E-state index contributed by atoms with van der Waals surface area (Å²) in [6.45, 7) is 3.51. The molecule has 0 atom stereocenters. The molecule has 0 aliphatic carbocycles. The van der Waals surface area contributed by atoms with Crippen LogP contribution in [0, 0.1) is 10.1 Å². The Morgan fingerprint density at radius 3 is 2.64 bits per heavy atom. The Hall–Kier alpha value is -1.88. The molecule has 0 radical (unpaired) electrons. The van der Waals surface area contributed by atoms with Gasteiger partial charge in [-0.3, -0.25) is 10.1 Å². The summed E-state index contributed by atoms with van der Waals surface area (Å²) in [5.41, 5.74) is 0.347. The van der Waals surface area contributed by atoms with Gasteiger partial charge in [-0.05, 0) is 37.6 Å². The maximum atomic E-state index is 12.8. The van der Waals surface area contributed by atoms with E-state index in [9.17, 15) is 18.5 Å². The molecule has 0 spiro atoms. The van der Waals surface area contributed by atoms with Crippen molar-refractivity contribution >= 4 is 44.3 Å².